The predicted octanol–water partition coefficient (Wildman–Crippen LogP) is 6.12. The lowest BCUT2D eigenvalue weighted by molar-refractivity contribution is -0.116. The van der Waals surface area contributed by atoms with E-state index in [2.05, 4.69) is 59.4 Å². The summed E-state index contributed by atoms with van der Waals surface area (Å²) in [5, 5.41) is 7.25. The van der Waals surface area contributed by atoms with Gasteiger partial charge in [0.1, 0.15) is 0 Å². The molecule has 0 unspecified atom stereocenters. The van der Waals surface area contributed by atoms with E-state index in [1.807, 2.05) is 24.3 Å². The van der Waals surface area contributed by atoms with Gasteiger partial charge in [-0.15, -0.1) is 11.8 Å². The van der Waals surface area contributed by atoms with Crippen LogP contribution >= 0.6 is 11.8 Å². The van der Waals surface area contributed by atoms with Crippen molar-refractivity contribution in [3.63, 3.8) is 0 Å². The molecule has 3 aromatic rings. The van der Waals surface area contributed by atoms with Crippen LogP contribution in [-0.2, 0) is 4.79 Å². The first-order valence-electron chi connectivity index (χ1n) is 11.1. The minimum absolute atomic E-state index is 0.0861. The van der Waals surface area contributed by atoms with Crippen molar-refractivity contribution in [1.82, 2.24) is 0 Å². The normalized spacial score (nSPS) is 20.9. The third kappa shape index (κ3) is 3.64. The van der Waals surface area contributed by atoms with Crippen LogP contribution in [0.15, 0.2) is 82.9 Å². The van der Waals surface area contributed by atoms with Crippen LogP contribution in [0.5, 0.6) is 11.5 Å². The Morgan fingerprint density at radius 2 is 1.64 bits per heavy atom. The van der Waals surface area contributed by atoms with E-state index in [1.165, 1.54) is 4.90 Å². The Labute approximate surface area is 197 Å². The van der Waals surface area contributed by atoms with Crippen LogP contribution in [0.4, 0.5) is 11.4 Å². The highest BCUT2D eigenvalue weighted by atomic mass is 32.2. The van der Waals surface area contributed by atoms with Crippen LogP contribution in [0.25, 0.3) is 0 Å². The Bertz CT molecular complexity index is 1270. The molecule has 2 heterocycles. The second kappa shape index (κ2) is 8.19. The average Bonchev–Trinajstić information content (AvgIpc) is 3.25. The van der Waals surface area contributed by atoms with Gasteiger partial charge in [-0.25, -0.2) is 0 Å². The molecular weight excluding hydrogens is 432 g/mol. The van der Waals surface area contributed by atoms with Crippen molar-refractivity contribution in [2.45, 2.75) is 29.7 Å². The standard InChI is InChI=1S/C27H24N2O3S/c1-33-19-9-6-16(7-10-19)27-26-22(28-20-4-2-3-5-21(20)29-27)12-18(13-23(26)30)17-8-11-24-25(14-17)32-15-31-24/h2-11,14,18,27-29H,12-13,15H2,1H3/t18-,27+/m0/s1. The zero-order valence-corrected chi connectivity index (χ0v) is 19.1. The molecule has 2 atom stereocenters. The van der Waals surface area contributed by atoms with Crippen LogP contribution in [0.2, 0.25) is 0 Å². The van der Waals surface area contributed by atoms with Crippen molar-refractivity contribution in [1.29, 1.82) is 0 Å². The smallest absolute Gasteiger partial charge is 0.231 e. The van der Waals surface area contributed by atoms with E-state index in [0.29, 0.717) is 6.42 Å². The number of fused-ring (bicyclic) bond motifs is 2. The molecule has 6 rings (SSSR count). The molecule has 3 aliphatic rings. The second-order valence-electron chi connectivity index (χ2n) is 8.55. The third-order valence-corrected chi connectivity index (χ3v) is 7.37. The monoisotopic (exact) mass is 456 g/mol. The number of para-hydroxylation sites is 2. The fourth-order valence-electron chi connectivity index (χ4n) is 4.94. The van der Waals surface area contributed by atoms with Gasteiger partial charge in [-0.1, -0.05) is 30.3 Å². The van der Waals surface area contributed by atoms with E-state index < -0.39 is 0 Å². The number of carbonyl (C=O) groups is 1. The van der Waals surface area contributed by atoms with Crippen LogP contribution in [0, 0.1) is 0 Å². The molecule has 33 heavy (non-hydrogen) atoms. The fraction of sp³-hybridized carbons (Fsp3) is 0.222. The molecule has 0 amide bonds. The number of hydrogen-bond acceptors (Lipinski definition) is 6. The highest BCUT2D eigenvalue weighted by molar-refractivity contribution is 7.98. The maximum Gasteiger partial charge on any atom is 0.231 e. The second-order valence-corrected chi connectivity index (χ2v) is 9.43. The first-order chi connectivity index (χ1) is 16.2. The van der Waals surface area contributed by atoms with Gasteiger partial charge < -0.3 is 20.1 Å². The van der Waals surface area contributed by atoms with Gasteiger partial charge in [0.15, 0.2) is 17.3 Å². The number of ether oxygens (including phenoxy) is 2. The number of thioether (sulfide) groups is 1. The summed E-state index contributed by atoms with van der Waals surface area (Å²) in [4.78, 5) is 14.9. The van der Waals surface area contributed by atoms with E-state index in [1.54, 1.807) is 11.8 Å². The van der Waals surface area contributed by atoms with Crippen molar-refractivity contribution in [2.75, 3.05) is 23.7 Å². The van der Waals surface area contributed by atoms with Crippen molar-refractivity contribution in [3.8, 4) is 11.5 Å². The molecule has 0 fully saturated rings. The number of nitrogens with one attached hydrogen (secondary N) is 2. The number of ketones is 1. The Kier molecular flexibility index (Phi) is 5.03. The summed E-state index contributed by atoms with van der Waals surface area (Å²) >= 11 is 1.72. The van der Waals surface area contributed by atoms with Crippen molar-refractivity contribution >= 4 is 28.9 Å². The van der Waals surface area contributed by atoms with E-state index in [-0.39, 0.29) is 24.5 Å². The van der Waals surface area contributed by atoms with E-state index in [4.69, 9.17) is 9.47 Å². The van der Waals surface area contributed by atoms with Crippen molar-refractivity contribution < 1.29 is 14.3 Å². The molecule has 1 aliphatic carbocycles. The summed E-state index contributed by atoms with van der Waals surface area (Å²) in [5.41, 5.74) is 6.01. The van der Waals surface area contributed by atoms with Gasteiger partial charge in [-0.3, -0.25) is 4.79 Å². The summed E-state index contributed by atoms with van der Waals surface area (Å²) in [6, 6.07) is 22.5. The van der Waals surface area contributed by atoms with E-state index in [9.17, 15) is 4.79 Å². The van der Waals surface area contributed by atoms with Gasteiger partial charge in [-0.2, -0.15) is 0 Å². The molecule has 0 spiro atoms. The lowest BCUT2D eigenvalue weighted by atomic mass is 9.78. The third-order valence-electron chi connectivity index (χ3n) is 6.63. The number of allylic oxidation sites excluding steroid dienone is 1. The van der Waals surface area contributed by atoms with E-state index >= 15 is 0 Å². The molecule has 2 aliphatic heterocycles. The minimum atomic E-state index is -0.197. The zero-order chi connectivity index (χ0) is 22.4. The highest BCUT2D eigenvalue weighted by Crippen LogP contribution is 2.45. The fourth-order valence-corrected chi connectivity index (χ4v) is 5.35. The molecule has 6 heteroatoms. The summed E-state index contributed by atoms with van der Waals surface area (Å²) in [5.74, 6) is 1.78. The van der Waals surface area contributed by atoms with Crippen molar-refractivity contribution in [3.05, 3.63) is 89.1 Å². The average molecular weight is 457 g/mol. The molecule has 0 bridgehead atoms. The molecule has 0 saturated heterocycles. The summed E-state index contributed by atoms with van der Waals surface area (Å²) in [7, 11) is 0. The summed E-state index contributed by atoms with van der Waals surface area (Å²) in [6.45, 7) is 0.249. The van der Waals surface area contributed by atoms with Gasteiger partial charge in [0.2, 0.25) is 6.79 Å². The van der Waals surface area contributed by atoms with Gasteiger partial charge in [0, 0.05) is 22.6 Å². The number of carbonyl (C=O) groups excluding carboxylic acids is 1. The molecule has 166 valence electrons. The molecule has 0 radical (unpaired) electrons. The van der Waals surface area contributed by atoms with Gasteiger partial charge in [0.05, 0.1) is 17.4 Å². The molecule has 2 N–H and O–H groups in total. The van der Waals surface area contributed by atoms with Crippen LogP contribution in [0.1, 0.15) is 35.9 Å². The predicted molar refractivity (Wildman–Crippen MR) is 131 cm³/mol. The minimum Gasteiger partial charge on any atom is -0.454 e. The van der Waals surface area contributed by atoms with Gasteiger partial charge in [0.25, 0.3) is 0 Å². The van der Waals surface area contributed by atoms with E-state index in [0.717, 1.165) is 51.7 Å². The number of anilines is 2. The molecular formula is C27H24N2O3S. The zero-order valence-electron chi connectivity index (χ0n) is 18.3. The molecule has 3 aromatic carbocycles. The summed E-state index contributed by atoms with van der Waals surface area (Å²) < 4.78 is 11.0. The van der Waals surface area contributed by atoms with Crippen LogP contribution in [0.3, 0.4) is 0 Å². The van der Waals surface area contributed by atoms with Crippen molar-refractivity contribution in [2.24, 2.45) is 0 Å². The Hall–Kier alpha value is -3.38. The largest absolute Gasteiger partial charge is 0.454 e. The topological polar surface area (TPSA) is 59.6 Å². The maximum absolute atomic E-state index is 13.7. The number of hydrogen-bond donors (Lipinski definition) is 2. The first kappa shape index (κ1) is 20.2. The number of rotatable bonds is 3. The van der Waals surface area contributed by atoms with Gasteiger partial charge >= 0.3 is 0 Å². The van der Waals surface area contributed by atoms with Crippen LogP contribution in [-0.4, -0.2) is 18.8 Å². The van der Waals surface area contributed by atoms with Crippen LogP contribution < -0.4 is 20.1 Å². The summed E-state index contributed by atoms with van der Waals surface area (Å²) in [6.07, 6.45) is 3.30. The maximum atomic E-state index is 13.7. The Morgan fingerprint density at radius 1 is 0.879 bits per heavy atom. The van der Waals surface area contributed by atoms with Gasteiger partial charge in [-0.05, 0) is 66.1 Å². The number of benzene rings is 3. The Balaban J connectivity index is 1.41. The number of Topliss-reactive ketones (excluding diaryl/α,β-unsaturated/α-hetero) is 1. The lowest BCUT2D eigenvalue weighted by Gasteiger charge is -2.30. The highest BCUT2D eigenvalue weighted by Gasteiger charge is 2.36. The molecule has 0 aromatic heterocycles. The molecule has 5 nitrogen and oxygen atoms in total. The SMILES string of the molecule is CSc1ccc([C@H]2Nc3ccccc3NC3=C2C(=O)C[C@@H](c2ccc4c(c2)OCO4)C3)cc1. The quantitative estimate of drug-likeness (QED) is 0.463. The first-order valence-corrected chi connectivity index (χ1v) is 12.3. The Morgan fingerprint density at radius 3 is 2.45 bits per heavy atom. The lowest BCUT2D eigenvalue weighted by Crippen LogP contribution is -2.26. The molecule has 0 saturated carbocycles.